The minimum atomic E-state index is 0.616. The van der Waals surface area contributed by atoms with Gasteiger partial charge in [-0.1, -0.05) is 19.1 Å². The summed E-state index contributed by atoms with van der Waals surface area (Å²) in [5.41, 5.74) is 2.17. The summed E-state index contributed by atoms with van der Waals surface area (Å²) in [6.45, 7) is 5.96. The van der Waals surface area contributed by atoms with Gasteiger partial charge in [0.2, 0.25) is 5.88 Å². The fourth-order valence-electron chi connectivity index (χ4n) is 1.81. The second-order valence-corrected chi connectivity index (χ2v) is 5.53. The molecule has 4 heteroatoms. The highest BCUT2D eigenvalue weighted by Gasteiger charge is 2.04. The van der Waals surface area contributed by atoms with E-state index in [1.54, 1.807) is 0 Å². The molecule has 0 aliphatic carbocycles. The van der Waals surface area contributed by atoms with Crippen LogP contribution in [0.4, 0.5) is 0 Å². The number of hydrogen-bond acceptors (Lipinski definition) is 3. The summed E-state index contributed by atoms with van der Waals surface area (Å²) in [5, 5.41) is 3.33. The molecule has 0 aliphatic heterocycles. The van der Waals surface area contributed by atoms with Crippen LogP contribution in [0.15, 0.2) is 40.9 Å². The van der Waals surface area contributed by atoms with E-state index in [1.165, 1.54) is 5.56 Å². The van der Waals surface area contributed by atoms with Gasteiger partial charge in [-0.15, -0.1) is 0 Å². The van der Waals surface area contributed by atoms with Crippen molar-refractivity contribution in [2.45, 2.75) is 26.8 Å². The van der Waals surface area contributed by atoms with Crippen molar-refractivity contribution >= 4 is 15.9 Å². The molecule has 0 bridgehead atoms. The molecule has 0 saturated carbocycles. The maximum absolute atomic E-state index is 5.83. The van der Waals surface area contributed by atoms with E-state index < -0.39 is 0 Å². The Kier molecular flexibility index (Phi) is 5.56. The summed E-state index contributed by atoms with van der Waals surface area (Å²) in [5.74, 6) is 1.40. The minimum Gasteiger partial charge on any atom is -0.438 e. The minimum absolute atomic E-state index is 0.616. The second kappa shape index (κ2) is 7.41. The summed E-state index contributed by atoms with van der Waals surface area (Å²) in [4.78, 5) is 4.50. The van der Waals surface area contributed by atoms with E-state index in [0.717, 1.165) is 35.4 Å². The number of pyridine rings is 1. The molecule has 0 fully saturated rings. The Bertz CT molecular complexity index is 572. The van der Waals surface area contributed by atoms with Crippen LogP contribution in [0.1, 0.15) is 24.6 Å². The molecule has 20 heavy (non-hydrogen) atoms. The van der Waals surface area contributed by atoms with Gasteiger partial charge in [-0.25, -0.2) is 4.98 Å². The molecule has 1 aromatic carbocycles. The van der Waals surface area contributed by atoms with Crippen molar-refractivity contribution < 1.29 is 4.74 Å². The van der Waals surface area contributed by atoms with Gasteiger partial charge in [0.1, 0.15) is 5.75 Å². The van der Waals surface area contributed by atoms with Crippen molar-refractivity contribution in [1.82, 2.24) is 10.3 Å². The monoisotopic (exact) mass is 334 g/mol. The molecule has 0 spiro atoms. The normalized spacial score (nSPS) is 10.6. The first-order valence-corrected chi connectivity index (χ1v) is 7.59. The number of ether oxygens (including phenoxy) is 1. The highest BCUT2D eigenvalue weighted by atomic mass is 79.9. The van der Waals surface area contributed by atoms with E-state index in [-0.39, 0.29) is 0 Å². The Morgan fingerprint density at radius 2 is 2.10 bits per heavy atom. The van der Waals surface area contributed by atoms with Crippen molar-refractivity contribution in [3.8, 4) is 11.6 Å². The molecule has 106 valence electrons. The lowest BCUT2D eigenvalue weighted by molar-refractivity contribution is 0.456. The van der Waals surface area contributed by atoms with Crippen LogP contribution in [0.2, 0.25) is 0 Å². The average molecular weight is 335 g/mol. The van der Waals surface area contributed by atoms with E-state index in [4.69, 9.17) is 4.74 Å². The molecule has 0 saturated heterocycles. The average Bonchev–Trinajstić information content (AvgIpc) is 2.43. The molecule has 0 radical (unpaired) electrons. The summed E-state index contributed by atoms with van der Waals surface area (Å²) in [7, 11) is 0. The first-order chi connectivity index (χ1) is 9.69. The van der Waals surface area contributed by atoms with Crippen molar-refractivity contribution in [2.24, 2.45) is 0 Å². The maximum atomic E-state index is 5.83. The zero-order valence-corrected chi connectivity index (χ0v) is 13.4. The molecule has 1 heterocycles. The molecular weight excluding hydrogens is 316 g/mol. The SMILES string of the molecule is CCCNCc1cccc(Oc2ccc(C)cc2Br)n1. The Morgan fingerprint density at radius 1 is 1.25 bits per heavy atom. The van der Waals surface area contributed by atoms with Crippen LogP contribution in [-0.4, -0.2) is 11.5 Å². The van der Waals surface area contributed by atoms with E-state index in [2.05, 4.69) is 33.2 Å². The van der Waals surface area contributed by atoms with Gasteiger partial charge in [0, 0.05) is 12.6 Å². The zero-order chi connectivity index (χ0) is 14.4. The van der Waals surface area contributed by atoms with Crippen molar-refractivity contribution in [3.63, 3.8) is 0 Å². The number of aromatic nitrogens is 1. The van der Waals surface area contributed by atoms with Gasteiger partial charge < -0.3 is 10.1 Å². The quantitative estimate of drug-likeness (QED) is 0.792. The van der Waals surface area contributed by atoms with Gasteiger partial charge in [0.25, 0.3) is 0 Å². The fourth-order valence-corrected chi connectivity index (χ4v) is 2.38. The van der Waals surface area contributed by atoms with Crippen molar-refractivity contribution in [2.75, 3.05) is 6.54 Å². The molecule has 1 N–H and O–H groups in total. The summed E-state index contributed by atoms with van der Waals surface area (Å²) >= 11 is 3.51. The number of hydrogen-bond donors (Lipinski definition) is 1. The highest BCUT2D eigenvalue weighted by molar-refractivity contribution is 9.10. The smallest absolute Gasteiger partial charge is 0.219 e. The van der Waals surface area contributed by atoms with E-state index in [9.17, 15) is 0 Å². The van der Waals surface area contributed by atoms with Crippen LogP contribution in [0.25, 0.3) is 0 Å². The van der Waals surface area contributed by atoms with Crippen LogP contribution in [0.3, 0.4) is 0 Å². The first kappa shape index (κ1) is 15.0. The number of nitrogens with one attached hydrogen (secondary N) is 1. The molecule has 0 unspecified atom stereocenters. The molecule has 2 rings (SSSR count). The Hall–Kier alpha value is -1.39. The number of halogens is 1. The predicted molar refractivity (Wildman–Crippen MR) is 85.2 cm³/mol. The largest absolute Gasteiger partial charge is 0.438 e. The van der Waals surface area contributed by atoms with Gasteiger partial charge in [0.15, 0.2) is 0 Å². The Balaban J connectivity index is 2.07. The molecule has 3 nitrogen and oxygen atoms in total. The van der Waals surface area contributed by atoms with Crippen LogP contribution < -0.4 is 10.1 Å². The third-order valence-corrected chi connectivity index (χ3v) is 3.44. The summed E-state index contributed by atoms with van der Waals surface area (Å²) in [6, 6.07) is 11.8. The van der Waals surface area contributed by atoms with Crippen molar-refractivity contribution in [3.05, 3.63) is 52.1 Å². The van der Waals surface area contributed by atoms with Gasteiger partial charge in [0.05, 0.1) is 10.2 Å². The van der Waals surface area contributed by atoms with Gasteiger partial charge in [-0.2, -0.15) is 0 Å². The topological polar surface area (TPSA) is 34.1 Å². The first-order valence-electron chi connectivity index (χ1n) is 6.79. The second-order valence-electron chi connectivity index (χ2n) is 4.68. The Morgan fingerprint density at radius 3 is 2.85 bits per heavy atom. The van der Waals surface area contributed by atoms with Gasteiger partial charge >= 0.3 is 0 Å². The number of nitrogens with zero attached hydrogens (tertiary/aromatic N) is 1. The van der Waals surface area contributed by atoms with E-state index in [0.29, 0.717) is 5.88 Å². The molecule has 0 atom stereocenters. The maximum Gasteiger partial charge on any atom is 0.219 e. The lowest BCUT2D eigenvalue weighted by Gasteiger charge is -2.09. The van der Waals surface area contributed by atoms with Crippen LogP contribution >= 0.6 is 15.9 Å². The van der Waals surface area contributed by atoms with Crippen LogP contribution in [0.5, 0.6) is 11.6 Å². The highest BCUT2D eigenvalue weighted by Crippen LogP contribution is 2.29. The number of benzene rings is 1. The molecular formula is C16H19BrN2O. The standard InChI is InChI=1S/C16H19BrN2O/c1-3-9-18-11-13-5-4-6-16(19-13)20-15-8-7-12(2)10-14(15)17/h4-8,10,18H,3,9,11H2,1-2H3. The van der Waals surface area contributed by atoms with Gasteiger partial charge in [-0.05, 0) is 59.6 Å². The Labute approximate surface area is 128 Å². The molecule has 1 aromatic heterocycles. The summed E-state index contributed by atoms with van der Waals surface area (Å²) in [6.07, 6.45) is 1.12. The number of aryl methyl sites for hydroxylation is 1. The molecule has 2 aromatic rings. The predicted octanol–water partition coefficient (Wildman–Crippen LogP) is 4.44. The van der Waals surface area contributed by atoms with Crippen LogP contribution in [0, 0.1) is 6.92 Å². The van der Waals surface area contributed by atoms with Crippen molar-refractivity contribution in [1.29, 1.82) is 0 Å². The van der Waals surface area contributed by atoms with E-state index in [1.807, 2.05) is 43.3 Å². The third-order valence-electron chi connectivity index (χ3n) is 2.82. The lowest BCUT2D eigenvalue weighted by Crippen LogP contribution is -2.14. The third kappa shape index (κ3) is 4.32. The number of rotatable bonds is 6. The lowest BCUT2D eigenvalue weighted by atomic mass is 10.2. The summed E-state index contributed by atoms with van der Waals surface area (Å²) < 4.78 is 6.76. The zero-order valence-electron chi connectivity index (χ0n) is 11.8. The van der Waals surface area contributed by atoms with Crippen LogP contribution in [-0.2, 0) is 6.54 Å². The molecule has 0 aliphatic rings. The van der Waals surface area contributed by atoms with E-state index >= 15 is 0 Å². The molecule has 0 amide bonds. The fraction of sp³-hybridized carbons (Fsp3) is 0.312. The van der Waals surface area contributed by atoms with Gasteiger partial charge in [-0.3, -0.25) is 0 Å².